The Hall–Kier alpha value is -3.54. The van der Waals surface area contributed by atoms with Gasteiger partial charge in [-0.05, 0) is 59.0 Å². The number of hydrogen-bond donors (Lipinski definition) is 0. The van der Waals surface area contributed by atoms with Gasteiger partial charge >= 0.3 is 17.9 Å². The summed E-state index contributed by atoms with van der Waals surface area (Å²) in [4.78, 5) is 49.6. The minimum atomic E-state index is -1.22. The molecule has 0 bridgehead atoms. The highest BCUT2D eigenvalue weighted by Gasteiger charge is 2.52. The van der Waals surface area contributed by atoms with E-state index in [0.717, 1.165) is 32.3 Å². The van der Waals surface area contributed by atoms with Crippen LogP contribution in [0.1, 0.15) is 61.7 Å². The van der Waals surface area contributed by atoms with Crippen LogP contribution in [-0.2, 0) is 49.9 Å². The molecule has 11 heteroatoms. The van der Waals surface area contributed by atoms with Crippen LogP contribution in [0.15, 0.2) is 46.4 Å². The summed E-state index contributed by atoms with van der Waals surface area (Å²) in [6.07, 6.45) is -5.01. The Bertz CT molecular complexity index is 1530. The van der Waals surface area contributed by atoms with Gasteiger partial charge in [0, 0.05) is 48.9 Å². The summed E-state index contributed by atoms with van der Waals surface area (Å²) >= 11 is 3.54. The number of esters is 3. The zero-order valence-corrected chi connectivity index (χ0v) is 26.3. The molecule has 0 spiro atoms. The number of carbonyl (C=O) groups excluding carboxylic acids is 4. The lowest BCUT2D eigenvalue weighted by Crippen LogP contribution is -2.62. The second-order valence-corrected chi connectivity index (χ2v) is 12.2. The standard InChI is InChI=1S/C32H33BrO10/c1-15(34)40-28-25(43-31(38-6)30(42-17(3)36)29(28)41-16(2)35)14-39-20-8-10-22-23(13-20)32(4,5)24-12-18-11-19(33)7-9-21(18)26(24)27(22)37/h7-11,13,25,28-31H,12,14H2,1-6H3/t25-,28-,29+,30-,31+/m1/s1. The number of ether oxygens (including phenoxy) is 6. The molecule has 0 unspecified atom stereocenters. The molecule has 228 valence electrons. The van der Waals surface area contributed by atoms with Crippen LogP contribution in [0.25, 0.3) is 5.57 Å². The molecule has 2 aromatic rings. The minimum Gasteiger partial charge on any atom is -0.491 e. The van der Waals surface area contributed by atoms with Gasteiger partial charge in [0.2, 0.25) is 0 Å². The fourth-order valence-electron chi connectivity index (χ4n) is 6.17. The number of Topliss-reactive ketones (excluding diaryl/α,β-unsaturated/α-hetero) is 1. The molecule has 10 nitrogen and oxygen atoms in total. The van der Waals surface area contributed by atoms with Crippen LogP contribution in [0.5, 0.6) is 5.75 Å². The highest BCUT2D eigenvalue weighted by atomic mass is 79.9. The van der Waals surface area contributed by atoms with E-state index in [1.165, 1.54) is 27.9 Å². The lowest BCUT2D eigenvalue weighted by atomic mass is 9.68. The summed E-state index contributed by atoms with van der Waals surface area (Å²) in [6.45, 7) is 7.65. The van der Waals surface area contributed by atoms with Crippen LogP contribution in [0.2, 0.25) is 0 Å². The molecular formula is C32H33BrO10. The van der Waals surface area contributed by atoms with Crippen molar-refractivity contribution < 1.29 is 47.6 Å². The van der Waals surface area contributed by atoms with Crippen molar-refractivity contribution in [3.63, 3.8) is 0 Å². The predicted octanol–water partition coefficient (Wildman–Crippen LogP) is 4.48. The topological polar surface area (TPSA) is 124 Å². The average Bonchev–Trinajstić information content (AvgIpc) is 3.32. The lowest BCUT2D eigenvalue weighted by Gasteiger charge is -2.43. The van der Waals surface area contributed by atoms with Gasteiger partial charge in [-0.3, -0.25) is 19.2 Å². The number of methoxy groups -OCH3 is 1. The van der Waals surface area contributed by atoms with E-state index in [-0.39, 0.29) is 12.4 Å². The van der Waals surface area contributed by atoms with Crippen LogP contribution in [0, 0.1) is 0 Å². The summed E-state index contributed by atoms with van der Waals surface area (Å²) in [5.41, 5.74) is 4.89. The van der Waals surface area contributed by atoms with Gasteiger partial charge in [-0.1, -0.05) is 35.8 Å². The summed E-state index contributed by atoms with van der Waals surface area (Å²) in [7, 11) is 1.35. The van der Waals surface area contributed by atoms with Crippen molar-refractivity contribution in [3.8, 4) is 5.75 Å². The number of allylic oxidation sites excluding steroid dienone is 2. The van der Waals surface area contributed by atoms with Crippen molar-refractivity contribution in [3.05, 3.63) is 68.7 Å². The van der Waals surface area contributed by atoms with Gasteiger partial charge in [-0.15, -0.1) is 0 Å². The second kappa shape index (κ2) is 11.9. The lowest BCUT2D eigenvalue weighted by molar-refractivity contribution is -0.301. The maximum atomic E-state index is 13.7. The highest BCUT2D eigenvalue weighted by Crippen LogP contribution is 2.50. The van der Waals surface area contributed by atoms with Crippen molar-refractivity contribution in [1.82, 2.24) is 0 Å². The fourth-order valence-corrected chi connectivity index (χ4v) is 6.58. The Kier molecular flexibility index (Phi) is 8.52. The van der Waals surface area contributed by atoms with Crippen LogP contribution < -0.4 is 4.74 Å². The molecule has 3 aliphatic rings. The molecule has 1 aliphatic heterocycles. The Morgan fingerprint density at radius 3 is 2.19 bits per heavy atom. The molecule has 2 aromatic carbocycles. The molecular weight excluding hydrogens is 624 g/mol. The molecule has 2 aliphatic carbocycles. The van der Waals surface area contributed by atoms with Crippen molar-refractivity contribution >= 4 is 45.2 Å². The zero-order chi connectivity index (χ0) is 31.2. The Labute approximate surface area is 257 Å². The maximum Gasteiger partial charge on any atom is 0.303 e. The van der Waals surface area contributed by atoms with E-state index in [9.17, 15) is 19.2 Å². The third-order valence-electron chi connectivity index (χ3n) is 8.04. The average molecular weight is 658 g/mol. The third-order valence-corrected chi connectivity index (χ3v) is 8.53. The van der Waals surface area contributed by atoms with E-state index >= 15 is 0 Å². The molecule has 1 fully saturated rings. The van der Waals surface area contributed by atoms with E-state index in [2.05, 4.69) is 35.8 Å². The fraction of sp³-hybridized carbons (Fsp3) is 0.438. The monoisotopic (exact) mass is 656 g/mol. The van der Waals surface area contributed by atoms with Gasteiger partial charge in [0.05, 0.1) is 0 Å². The van der Waals surface area contributed by atoms with Gasteiger partial charge in [0.25, 0.3) is 0 Å². The quantitative estimate of drug-likeness (QED) is 0.311. The number of benzene rings is 2. The first-order valence-corrected chi connectivity index (χ1v) is 14.7. The maximum absolute atomic E-state index is 13.7. The molecule has 0 N–H and O–H groups in total. The zero-order valence-electron chi connectivity index (χ0n) is 24.7. The van der Waals surface area contributed by atoms with Crippen molar-refractivity contribution in [2.45, 2.75) is 77.2 Å². The predicted molar refractivity (Wildman–Crippen MR) is 156 cm³/mol. The normalized spacial score (nSPS) is 25.3. The molecule has 1 heterocycles. The van der Waals surface area contributed by atoms with E-state index in [1.807, 2.05) is 18.2 Å². The SMILES string of the molecule is CO[C@H]1O[C@H](COc2ccc3c(c2)C(C)(C)C2=C(C3=O)c3ccc(Br)cc3C2)[C@@H](OC(C)=O)[C@H](OC(C)=O)[C@H]1OC(C)=O. The van der Waals surface area contributed by atoms with Crippen molar-refractivity contribution in [2.75, 3.05) is 13.7 Å². The molecule has 5 atom stereocenters. The summed E-state index contributed by atoms with van der Waals surface area (Å²) < 4.78 is 34.9. The third kappa shape index (κ3) is 5.85. The molecule has 0 aromatic heterocycles. The summed E-state index contributed by atoms with van der Waals surface area (Å²) in [5, 5.41) is 0. The molecule has 43 heavy (non-hydrogen) atoms. The van der Waals surface area contributed by atoms with Crippen molar-refractivity contribution in [1.29, 1.82) is 0 Å². The van der Waals surface area contributed by atoms with Gasteiger partial charge in [-0.25, -0.2) is 0 Å². The van der Waals surface area contributed by atoms with E-state index in [4.69, 9.17) is 28.4 Å². The molecule has 0 radical (unpaired) electrons. The Balaban J connectivity index is 1.42. The minimum absolute atomic E-state index is 0.0221. The van der Waals surface area contributed by atoms with Gasteiger partial charge in [0.1, 0.15) is 18.5 Å². The van der Waals surface area contributed by atoms with Gasteiger partial charge in [-0.2, -0.15) is 0 Å². The van der Waals surface area contributed by atoms with Crippen LogP contribution >= 0.6 is 15.9 Å². The molecule has 0 saturated carbocycles. The number of carbonyl (C=O) groups is 4. The van der Waals surface area contributed by atoms with E-state index < -0.39 is 54.0 Å². The highest BCUT2D eigenvalue weighted by molar-refractivity contribution is 9.10. The van der Waals surface area contributed by atoms with Crippen LogP contribution in [0.3, 0.4) is 0 Å². The Morgan fingerprint density at radius 2 is 1.53 bits per heavy atom. The van der Waals surface area contributed by atoms with Crippen LogP contribution in [-0.4, -0.2) is 68.1 Å². The molecule has 1 saturated heterocycles. The van der Waals surface area contributed by atoms with E-state index in [0.29, 0.717) is 17.7 Å². The first-order valence-electron chi connectivity index (χ1n) is 13.9. The number of ketones is 1. The smallest absolute Gasteiger partial charge is 0.303 e. The van der Waals surface area contributed by atoms with Crippen LogP contribution in [0.4, 0.5) is 0 Å². The second-order valence-electron chi connectivity index (χ2n) is 11.3. The van der Waals surface area contributed by atoms with Crippen molar-refractivity contribution in [2.24, 2.45) is 0 Å². The van der Waals surface area contributed by atoms with Gasteiger partial charge in [0.15, 0.2) is 30.4 Å². The summed E-state index contributed by atoms with van der Waals surface area (Å²) in [5.74, 6) is -1.55. The van der Waals surface area contributed by atoms with Gasteiger partial charge < -0.3 is 28.4 Å². The number of fused-ring (bicyclic) bond motifs is 3. The first-order chi connectivity index (χ1) is 20.3. The molecule has 5 rings (SSSR count). The number of rotatable bonds is 7. The molecule has 0 amide bonds. The van der Waals surface area contributed by atoms with E-state index in [1.54, 1.807) is 12.1 Å². The Morgan fingerprint density at radius 1 is 0.907 bits per heavy atom. The number of halogens is 1. The number of hydrogen-bond acceptors (Lipinski definition) is 10. The summed E-state index contributed by atoms with van der Waals surface area (Å²) in [6, 6.07) is 11.3. The largest absolute Gasteiger partial charge is 0.491 e. The first kappa shape index (κ1) is 30.9.